The lowest BCUT2D eigenvalue weighted by molar-refractivity contribution is 0.0792. The highest BCUT2D eigenvalue weighted by Crippen LogP contribution is 2.21. The Morgan fingerprint density at radius 1 is 1.14 bits per heavy atom. The topological polar surface area (TPSA) is 45.2 Å². The minimum absolute atomic E-state index is 0.0757. The summed E-state index contributed by atoms with van der Waals surface area (Å²) in [6.45, 7) is 1.51. The number of halogens is 2. The molecule has 2 heterocycles. The van der Waals surface area contributed by atoms with E-state index >= 15 is 0 Å². The van der Waals surface area contributed by atoms with E-state index in [1.54, 1.807) is 11.0 Å². The van der Waals surface area contributed by atoms with Gasteiger partial charge in [0.1, 0.15) is 11.6 Å². The van der Waals surface area contributed by atoms with Gasteiger partial charge in [-0.15, -0.1) is 0 Å². The summed E-state index contributed by atoms with van der Waals surface area (Å²) >= 11 is 0. The number of carbonyl (C=O) groups is 1. The number of aromatic nitrogens is 1. The van der Waals surface area contributed by atoms with Gasteiger partial charge in [-0.1, -0.05) is 0 Å². The summed E-state index contributed by atoms with van der Waals surface area (Å²) in [6, 6.07) is 4.89. The highest BCUT2D eigenvalue weighted by molar-refractivity contribution is 5.95. The number of benzene rings is 1. The Morgan fingerprint density at radius 3 is 2.64 bits per heavy atom. The van der Waals surface area contributed by atoms with Crippen LogP contribution < -0.4 is 5.32 Å². The molecule has 4 nitrogen and oxygen atoms in total. The van der Waals surface area contributed by atoms with Crippen LogP contribution in [0.3, 0.4) is 0 Å². The van der Waals surface area contributed by atoms with Gasteiger partial charge in [-0.2, -0.15) is 0 Å². The fraction of sp³-hybridized carbons (Fsp3) is 0.250. The van der Waals surface area contributed by atoms with Gasteiger partial charge in [0, 0.05) is 25.4 Å². The summed E-state index contributed by atoms with van der Waals surface area (Å²) in [6.07, 6.45) is 5.01. The number of hydrogen-bond donors (Lipinski definition) is 1. The zero-order valence-electron chi connectivity index (χ0n) is 11.9. The summed E-state index contributed by atoms with van der Waals surface area (Å²) in [5, 5.41) is 2.81. The maximum Gasteiger partial charge on any atom is 0.255 e. The molecule has 0 saturated carbocycles. The van der Waals surface area contributed by atoms with Crippen molar-refractivity contribution in [2.75, 3.05) is 18.4 Å². The first kappa shape index (κ1) is 14.4. The van der Waals surface area contributed by atoms with E-state index in [-0.39, 0.29) is 11.6 Å². The Labute approximate surface area is 126 Å². The first-order valence-electron chi connectivity index (χ1n) is 7.10. The van der Waals surface area contributed by atoms with E-state index in [1.165, 1.54) is 18.5 Å². The van der Waals surface area contributed by atoms with Gasteiger partial charge in [0.15, 0.2) is 0 Å². The monoisotopic (exact) mass is 303 g/mol. The highest BCUT2D eigenvalue weighted by atomic mass is 19.1. The van der Waals surface area contributed by atoms with Crippen LogP contribution in [0.5, 0.6) is 0 Å². The standard InChI is InChI=1S/C16H15F2N3O/c17-12-3-4-15(14(18)8-12)20-13-7-11(9-19-10-13)16(22)21-5-1-2-6-21/h3-4,7-10,20H,1-2,5-6H2. The van der Waals surface area contributed by atoms with E-state index in [1.807, 2.05) is 0 Å². The number of rotatable bonds is 3. The predicted molar refractivity (Wildman–Crippen MR) is 79.0 cm³/mol. The molecule has 6 heteroatoms. The van der Waals surface area contributed by atoms with Crippen LogP contribution in [-0.2, 0) is 0 Å². The Morgan fingerprint density at radius 2 is 1.91 bits per heavy atom. The predicted octanol–water partition coefficient (Wildman–Crippen LogP) is 3.34. The third-order valence-corrected chi connectivity index (χ3v) is 3.59. The van der Waals surface area contributed by atoms with Gasteiger partial charge in [-0.05, 0) is 31.0 Å². The molecule has 2 aromatic rings. The first-order chi connectivity index (χ1) is 10.6. The lowest BCUT2D eigenvalue weighted by Gasteiger charge is -2.15. The van der Waals surface area contributed by atoms with Gasteiger partial charge in [0.05, 0.1) is 23.1 Å². The molecule has 1 amide bonds. The Hall–Kier alpha value is -2.50. The zero-order chi connectivity index (χ0) is 15.5. The number of hydrogen-bond acceptors (Lipinski definition) is 3. The summed E-state index contributed by atoms with van der Waals surface area (Å²) in [7, 11) is 0. The van der Waals surface area contributed by atoms with E-state index in [9.17, 15) is 13.6 Å². The van der Waals surface area contributed by atoms with Crippen molar-refractivity contribution in [2.45, 2.75) is 12.8 Å². The zero-order valence-corrected chi connectivity index (χ0v) is 11.9. The van der Waals surface area contributed by atoms with Crippen molar-refractivity contribution in [3.8, 4) is 0 Å². The van der Waals surface area contributed by atoms with Crippen molar-refractivity contribution in [1.82, 2.24) is 9.88 Å². The fourth-order valence-corrected chi connectivity index (χ4v) is 2.47. The van der Waals surface area contributed by atoms with Crippen molar-refractivity contribution in [2.24, 2.45) is 0 Å². The van der Waals surface area contributed by atoms with Gasteiger partial charge in [0.2, 0.25) is 0 Å². The van der Waals surface area contributed by atoms with Crippen LogP contribution >= 0.6 is 0 Å². The van der Waals surface area contributed by atoms with Gasteiger partial charge >= 0.3 is 0 Å². The van der Waals surface area contributed by atoms with E-state index in [2.05, 4.69) is 10.3 Å². The van der Waals surface area contributed by atoms with Crippen molar-refractivity contribution in [1.29, 1.82) is 0 Å². The van der Waals surface area contributed by atoms with Gasteiger partial charge < -0.3 is 10.2 Å². The molecule has 0 radical (unpaired) electrons. The van der Waals surface area contributed by atoms with Crippen molar-refractivity contribution in [3.63, 3.8) is 0 Å². The van der Waals surface area contributed by atoms with Crippen molar-refractivity contribution in [3.05, 3.63) is 53.9 Å². The Bertz CT molecular complexity index is 700. The molecule has 0 bridgehead atoms. The summed E-state index contributed by atoms with van der Waals surface area (Å²) in [4.78, 5) is 18.1. The summed E-state index contributed by atoms with van der Waals surface area (Å²) in [5.41, 5.74) is 1.07. The van der Waals surface area contributed by atoms with Crippen LogP contribution in [0.25, 0.3) is 0 Å². The number of anilines is 2. The molecule has 0 atom stereocenters. The average molecular weight is 303 g/mol. The van der Waals surface area contributed by atoms with Gasteiger partial charge in [-0.3, -0.25) is 9.78 Å². The number of nitrogens with zero attached hydrogens (tertiary/aromatic N) is 2. The van der Waals surface area contributed by atoms with Crippen LogP contribution in [0.4, 0.5) is 20.2 Å². The molecule has 0 spiro atoms. The molecule has 0 aliphatic carbocycles. The second-order valence-electron chi connectivity index (χ2n) is 5.21. The third-order valence-electron chi connectivity index (χ3n) is 3.59. The second-order valence-corrected chi connectivity index (χ2v) is 5.21. The summed E-state index contributed by atoms with van der Waals surface area (Å²) in [5.74, 6) is -1.41. The van der Waals surface area contributed by atoms with Gasteiger partial charge in [0.25, 0.3) is 5.91 Å². The smallest absolute Gasteiger partial charge is 0.255 e. The van der Waals surface area contributed by atoms with Crippen molar-refractivity contribution < 1.29 is 13.6 Å². The number of amides is 1. The van der Waals surface area contributed by atoms with E-state index < -0.39 is 11.6 Å². The molecule has 1 aliphatic heterocycles. The largest absolute Gasteiger partial charge is 0.352 e. The minimum atomic E-state index is -0.698. The molecule has 1 saturated heterocycles. The van der Waals surface area contributed by atoms with Gasteiger partial charge in [-0.25, -0.2) is 8.78 Å². The highest BCUT2D eigenvalue weighted by Gasteiger charge is 2.20. The summed E-state index contributed by atoms with van der Waals surface area (Å²) < 4.78 is 26.5. The minimum Gasteiger partial charge on any atom is -0.352 e. The van der Waals surface area contributed by atoms with E-state index in [0.29, 0.717) is 11.3 Å². The molecule has 0 unspecified atom stereocenters. The van der Waals surface area contributed by atoms with Crippen LogP contribution in [-0.4, -0.2) is 28.9 Å². The van der Waals surface area contributed by atoms with Crippen LogP contribution in [0.15, 0.2) is 36.7 Å². The average Bonchev–Trinajstić information content (AvgIpc) is 3.04. The second kappa shape index (κ2) is 6.09. The lowest BCUT2D eigenvalue weighted by atomic mass is 10.2. The maximum absolute atomic E-state index is 13.6. The quantitative estimate of drug-likeness (QED) is 0.946. The molecule has 114 valence electrons. The molecule has 1 aromatic carbocycles. The lowest BCUT2D eigenvalue weighted by Crippen LogP contribution is -2.27. The molecule has 1 aliphatic rings. The van der Waals surface area contributed by atoms with E-state index in [4.69, 9.17) is 0 Å². The number of nitrogens with one attached hydrogen (secondary N) is 1. The normalized spacial score (nSPS) is 14.2. The van der Waals surface area contributed by atoms with Crippen LogP contribution in [0, 0.1) is 11.6 Å². The fourth-order valence-electron chi connectivity index (χ4n) is 2.47. The molecule has 1 aromatic heterocycles. The maximum atomic E-state index is 13.6. The molecular formula is C16H15F2N3O. The Balaban J connectivity index is 1.80. The number of carbonyl (C=O) groups excluding carboxylic acids is 1. The third kappa shape index (κ3) is 3.05. The molecule has 1 fully saturated rings. The molecule has 1 N–H and O–H groups in total. The molecule has 3 rings (SSSR count). The van der Waals surface area contributed by atoms with Crippen LogP contribution in [0.1, 0.15) is 23.2 Å². The van der Waals surface area contributed by atoms with Crippen LogP contribution in [0.2, 0.25) is 0 Å². The van der Waals surface area contributed by atoms with Crippen molar-refractivity contribution >= 4 is 17.3 Å². The Kier molecular flexibility index (Phi) is 4.00. The number of likely N-dealkylation sites (tertiary alicyclic amines) is 1. The molecular weight excluding hydrogens is 288 g/mol. The SMILES string of the molecule is O=C(c1cncc(Nc2ccc(F)cc2F)c1)N1CCCC1. The van der Waals surface area contributed by atoms with E-state index in [0.717, 1.165) is 38.1 Å². The first-order valence-corrected chi connectivity index (χ1v) is 7.10. The molecule has 22 heavy (non-hydrogen) atoms. The number of pyridine rings is 1.